The van der Waals surface area contributed by atoms with Crippen molar-refractivity contribution in [3.8, 4) is 0 Å². The van der Waals surface area contributed by atoms with E-state index in [4.69, 9.17) is 8.37 Å². The average Bonchev–Trinajstić information content (AvgIpc) is 2.57. The van der Waals surface area contributed by atoms with Gasteiger partial charge in [0.05, 0.1) is 13.2 Å². The van der Waals surface area contributed by atoms with Gasteiger partial charge in [0.15, 0.2) is 0 Å². The van der Waals surface area contributed by atoms with Gasteiger partial charge in [-0.15, -0.1) is 0 Å². The Morgan fingerprint density at radius 2 is 1.41 bits per heavy atom. The molecule has 22 heavy (non-hydrogen) atoms. The molecule has 0 aromatic heterocycles. The second kappa shape index (κ2) is 5.02. The van der Waals surface area contributed by atoms with E-state index in [9.17, 15) is 16.8 Å². The molecule has 3 rings (SSSR count). The van der Waals surface area contributed by atoms with Gasteiger partial charge in [-0.3, -0.25) is 8.37 Å². The summed E-state index contributed by atoms with van der Waals surface area (Å²) in [7, 11) is -8.85. The Morgan fingerprint density at radius 3 is 2.05 bits per heavy atom. The molecule has 1 aliphatic rings. The molecule has 8 heteroatoms. The van der Waals surface area contributed by atoms with E-state index in [2.05, 4.69) is 0 Å². The highest BCUT2D eigenvalue weighted by Crippen LogP contribution is 2.42. The van der Waals surface area contributed by atoms with Crippen molar-refractivity contribution in [1.82, 2.24) is 0 Å². The van der Waals surface area contributed by atoms with E-state index in [0.717, 1.165) is 12.3 Å². The van der Waals surface area contributed by atoms with Gasteiger partial charge >= 0.3 is 0 Å². The van der Waals surface area contributed by atoms with Crippen LogP contribution in [0.15, 0.2) is 42.5 Å². The molecule has 0 aliphatic carbocycles. The van der Waals surface area contributed by atoms with E-state index >= 15 is 0 Å². The fourth-order valence-electron chi connectivity index (χ4n) is 2.53. The molecule has 0 N–H and O–H groups in total. The van der Waals surface area contributed by atoms with E-state index in [0.29, 0.717) is 5.39 Å². The minimum absolute atomic E-state index is 0.118. The van der Waals surface area contributed by atoms with Crippen molar-refractivity contribution >= 4 is 31.0 Å². The number of hydrogen-bond acceptors (Lipinski definition) is 6. The summed E-state index contributed by atoms with van der Waals surface area (Å²) < 4.78 is 57.3. The van der Waals surface area contributed by atoms with Gasteiger partial charge in [-0.1, -0.05) is 42.5 Å². The molecular formula is C14H14O6S2. The lowest BCUT2D eigenvalue weighted by atomic mass is 10.0. The van der Waals surface area contributed by atoms with Crippen molar-refractivity contribution in [3.63, 3.8) is 0 Å². The van der Waals surface area contributed by atoms with E-state index in [1.807, 2.05) is 0 Å². The van der Waals surface area contributed by atoms with Crippen LogP contribution in [-0.2, 0) is 32.7 Å². The van der Waals surface area contributed by atoms with Gasteiger partial charge in [0.25, 0.3) is 20.2 Å². The van der Waals surface area contributed by atoms with Crippen molar-refractivity contribution in [3.05, 3.63) is 48.0 Å². The summed E-state index contributed by atoms with van der Waals surface area (Å²) in [5.74, 6) is 0. The Hall–Kier alpha value is -1.48. The Morgan fingerprint density at radius 1 is 0.864 bits per heavy atom. The molecule has 1 fully saturated rings. The molecule has 1 saturated heterocycles. The fraction of sp³-hybridized carbons (Fsp3) is 0.286. The summed E-state index contributed by atoms with van der Waals surface area (Å²) >= 11 is 0. The zero-order valence-electron chi connectivity index (χ0n) is 11.7. The van der Waals surface area contributed by atoms with Gasteiger partial charge in [-0.25, -0.2) is 0 Å². The highest BCUT2D eigenvalue weighted by molar-refractivity contribution is 8.05. The second-order valence-corrected chi connectivity index (χ2v) is 9.20. The summed E-state index contributed by atoms with van der Waals surface area (Å²) in [6.45, 7) is 0.439. The summed E-state index contributed by atoms with van der Waals surface area (Å²) in [4.78, 5) is 0. The summed E-state index contributed by atoms with van der Waals surface area (Å²) in [6, 6.07) is 11.8. The summed E-state index contributed by atoms with van der Waals surface area (Å²) in [5, 5.41) is 1.25. The van der Waals surface area contributed by atoms with E-state index in [-0.39, 0.29) is 18.8 Å². The molecule has 0 radical (unpaired) electrons. The Kier molecular flexibility index (Phi) is 3.52. The van der Waals surface area contributed by atoms with Gasteiger partial charge in [-0.05, 0) is 17.7 Å². The van der Waals surface area contributed by atoms with Crippen molar-refractivity contribution in [2.24, 2.45) is 0 Å². The van der Waals surface area contributed by atoms with Crippen LogP contribution in [-0.4, -0.2) is 30.0 Å². The number of rotatable bonds is 1. The lowest BCUT2D eigenvalue weighted by Crippen LogP contribution is -2.41. The molecule has 6 nitrogen and oxygen atoms in total. The largest absolute Gasteiger partial charge is 0.294 e. The molecule has 1 heterocycles. The van der Waals surface area contributed by atoms with Crippen LogP contribution in [0.25, 0.3) is 10.8 Å². The zero-order chi connectivity index (χ0) is 16.0. The third kappa shape index (κ3) is 2.06. The predicted octanol–water partition coefficient (Wildman–Crippen LogP) is 1.72. The Balaban J connectivity index is 2.43. The monoisotopic (exact) mass is 342 g/mol. The summed E-state index contributed by atoms with van der Waals surface area (Å²) in [5.41, 5.74) is 0.118. The van der Waals surface area contributed by atoms with Crippen molar-refractivity contribution in [2.75, 3.05) is 13.2 Å². The third-order valence-electron chi connectivity index (χ3n) is 3.79. The Labute approximate surface area is 128 Å². The van der Waals surface area contributed by atoms with Gasteiger partial charge < -0.3 is 0 Å². The first-order chi connectivity index (χ1) is 10.3. The standard InChI is InChI=1S/C14H14O6S2/c1-14(21(15,16)19-9-10-20-22(14,17)18)13-8-4-6-11-5-2-3-7-12(11)13/h2-8H,9-10H2,1H3. The van der Waals surface area contributed by atoms with Crippen LogP contribution in [0.2, 0.25) is 0 Å². The molecule has 0 saturated carbocycles. The van der Waals surface area contributed by atoms with Crippen LogP contribution >= 0.6 is 0 Å². The molecule has 0 bridgehead atoms. The topological polar surface area (TPSA) is 86.7 Å². The van der Waals surface area contributed by atoms with Gasteiger partial charge in [0.1, 0.15) is 0 Å². The maximum absolute atomic E-state index is 12.5. The first-order valence-corrected chi connectivity index (χ1v) is 9.37. The van der Waals surface area contributed by atoms with Crippen LogP contribution in [0.1, 0.15) is 12.5 Å². The van der Waals surface area contributed by atoms with Crippen molar-refractivity contribution < 1.29 is 25.2 Å². The predicted molar refractivity (Wildman–Crippen MR) is 81.0 cm³/mol. The van der Waals surface area contributed by atoms with E-state index < -0.39 is 24.3 Å². The van der Waals surface area contributed by atoms with Gasteiger partial charge in [0.2, 0.25) is 4.08 Å². The van der Waals surface area contributed by atoms with Crippen LogP contribution in [0.5, 0.6) is 0 Å². The summed E-state index contributed by atoms with van der Waals surface area (Å²) in [6.07, 6.45) is 0. The van der Waals surface area contributed by atoms with Gasteiger partial charge in [0, 0.05) is 5.56 Å². The molecule has 0 atom stereocenters. The van der Waals surface area contributed by atoms with Crippen LogP contribution in [0.4, 0.5) is 0 Å². The van der Waals surface area contributed by atoms with Gasteiger partial charge in [-0.2, -0.15) is 16.8 Å². The molecule has 0 unspecified atom stereocenters. The quantitative estimate of drug-likeness (QED) is 0.734. The molecule has 1 aliphatic heterocycles. The smallest absolute Gasteiger partial charge is 0.266 e. The average molecular weight is 342 g/mol. The van der Waals surface area contributed by atoms with Crippen molar-refractivity contribution in [2.45, 2.75) is 11.0 Å². The molecule has 2 aromatic carbocycles. The second-order valence-electron chi connectivity index (χ2n) is 5.02. The zero-order valence-corrected chi connectivity index (χ0v) is 13.4. The number of hydrogen-bond donors (Lipinski definition) is 0. The number of benzene rings is 2. The highest BCUT2D eigenvalue weighted by atomic mass is 32.3. The maximum atomic E-state index is 12.5. The minimum Gasteiger partial charge on any atom is -0.266 e. The van der Waals surface area contributed by atoms with Crippen LogP contribution in [0.3, 0.4) is 0 Å². The number of fused-ring (bicyclic) bond motifs is 1. The highest BCUT2D eigenvalue weighted by Gasteiger charge is 2.56. The maximum Gasteiger partial charge on any atom is 0.294 e. The first kappa shape index (κ1) is 15.4. The fourth-order valence-corrected chi connectivity index (χ4v) is 5.74. The third-order valence-corrected chi connectivity index (χ3v) is 8.32. The molecule has 0 amide bonds. The molecular weight excluding hydrogens is 328 g/mol. The molecule has 118 valence electrons. The first-order valence-electron chi connectivity index (χ1n) is 6.56. The van der Waals surface area contributed by atoms with E-state index in [1.165, 1.54) is 6.07 Å². The van der Waals surface area contributed by atoms with Crippen LogP contribution < -0.4 is 0 Å². The van der Waals surface area contributed by atoms with Crippen LogP contribution in [0, 0.1) is 0 Å². The Bertz CT molecular complexity index is 889. The normalized spacial score (nSPS) is 23.0. The SMILES string of the molecule is CC1(c2cccc3ccccc23)S(=O)(=O)OCCOS1(=O)=O. The molecule has 0 spiro atoms. The minimum atomic E-state index is -4.42. The lowest BCUT2D eigenvalue weighted by molar-refractivity contribution is 0.237. The van der Waals surface area contributed by atoms with E-state index in [1.54, 1.807) is 36.4 Å². The lowest BCUT2D eigenvalue weighted by Gasteiger charge is -2.26. The van der Waals surface area contributed by atoms with Crippen molar-refractivity contribution in [1.29, 1.82) is 0 Å². The molecule has 2 aromatic rings.